The van der Waals surface area contributed by atoms with Crippen LogP contribution < -0.4 is 5.56 Å². The molecule has 1 aliphatic rings. The van der Waals surface area contributed by atoms with Crippen LogP contribution in [0.4, 0.5) is 0 Å². The molecule has 6 nitrogen and oxygen atoms in total. The Labute approximate surface area is 141 Å². The lowest BCUT2D eigenvalue weighted by Gasteiger charge is -2.32. The van der Waals surface area contributed by atoms with Gasteiger partial charge in [0.25, 0.3) is 5.91 Å². The molecule has 3 heterocycles. The van der Waals surface area contributed by atoms with Crippen molar-refractivity contribution in [2.75, 3.05) is 13.1 Å². The van der Waals surface area contributed by atoms with Gasteiger partial charge in [0.2, 0.25) is 5.56 Å². The van der Waals surface area contributed by atoms with Gasteiger partial charge in [-0.3, -0.25) is 14.3 Å². The molecule has 0 bridgehead atoms. The van der Waals surface area contributed by atoms with E-state index in [9.17, 15) is 9.59 Å². The number of carbonyl (C=O) groups excluding carboxylic acids is 1. The molecule has 24 heavy (non-hydrogen) atoms. The van der Waals surface area contributed by atoms with E-state index in [2.05, 4.69) is 23.9 Å². The van der Waals surface area contributed by atoms with E-state index < -0.39 is 0 Å². The molecule has 1 amide bonds. The number of nitrogens with zero attached hydrogens (tertiary/aromatic N) is 3. The minimum atomic E-state index is -0.206. The quantitative estimate of drug-likeness (QED) is 0.936. The van der Waals surface area contributed by atoms with Crippen molar-refractivity contribution in [2.24, 2.45) is 5.92 Å². The highest BCUT2D eigenvalue weighted by Crippen LogP contribution is 2.22. The van der Waals surface area contributed by atoms with E-state index in [4.69, 9.17) is 0 Å². The lowest BCUT2D eigenvalue weighted by Crippen LogP contribution is -2.39. The lowest BCUT2D eigenvalue weighted by atomic mass is 10.0. The first-order chi connectivity index (χ1) is 11.5. The summed E-state index contributed by atoms with van der Waals surface area (Å²) >= 11 is 0. The molecule has 1 aliphatic heterocycles. The molecule has 0 unspecified atom stereocenters. The van der Waals surface area contributed by atoms with Crippen molar-refractivity contribution in [3.8, 4) is 0 Å². The largest absolute Gasteiger partial charge is 0.338 e. The molecule has 0 atom stereocenters. The fourth-order valence-electron chi connectivity index (χ4n) is 3.29. The van der Waals surface area contributed by atoms with Gasteiger partial charge in [0, 0.05) is 42.8 Å². The van der Waals surface area contributed by atoms with E-state index in [0.717, 1.165) is 25.0 Å². The molecule has 128 valence electrons. The van der Waals surface area contributed by atoms with Gasteiger partial charge in [-0.05, 0) is 37.3 Å². The van der Waals surface area contributed by atoms with E-state index in [-0.39, 0.29) is 11.5 Å². The van der Waals surface area contributed by atoms with Gasteiger partial charge < -0.3 is 9.88 Å². The van der Waals surface area contributed by atoms with Crippen LogP contribution in [-0.4, -0.2) is 38.7 Å². The molecule has 1 saturated heterocycles. The van der Waals surface area contributed by atoms with Crippen molar-refractivity contribution in [2.45, 2.75) is 39.2 Å². The number of carbonyl (C=O) groups is 1. The third-order valence-corrected chi connectivity index (χ3v) is 4.43. The van der Waals surface area contributed by atoms with Gasteiger partial charge in [0.1, 0.15) is 0 Å². The van der Waals surface area contributed by atoms with Crippen LogP contribution in [0.5, 0.6) is 0 Å². The first kappa shape index (κ1) is 16.5. The van der Waals surface area contributed by atoms with Crippen molar-refractivity contribution < 1.29 is 4.79 Å². The Hall–Kier alpha value is -2.37. The van der Waals surface area contributed by atoms with E-state index in [1.54, 1.807) is 6.20 Å². The molecule has 0 saturated carbocycles. The number of hydrogen-bond acceptors (Lipinski definition) is 3. The smallest absolute Gasteiger partial charge is 0.254 e. The van der Waals surface area contributed by atoms with Crippen LogP contribution in [0.25, 0.3) is 0 Å². The average Bonchev–Trinajstić information content (AvgIpc) is 3.07. The monoisotopic (exact) mass is 328 g/mol. The molecule has 3 rings (SSSR count). The Morgan fingerprint density at radius 2 is 2.08 bits per heavy atom. The summed E-state index contributed by atoms with van der Waals surface area (Å²) in [7, 11) is 0. The second-order valence-electron chi connectivity index (χ2n) is 6.87. The van der Waals surface area contributed by atoms with Crippen molar-refractivity contribution in [3.63, 3.8) is 0 Å². The number of H-pyrrole nitrogens is 1. The average molecular weight is 328 g/mol. The maximum atomic E-state index is 12.7. The maximum absolute atomic E-state index is 12.7. The summed E-state index contributed by atoms with van der Waals surface area (Å²) in [5, 5.41) is 4.29. The predicted octanol–water partition coefficient (Wildman–Crippen LogP) is 2.25. The predicted molar refractivity (Wildman–Crippen MR) is 92.0 cm³/mol. The van der Waals surface area contributed by atoms with E-state index in [0.29, 0.717) is 30.6 Å². The van der Waals surface area contributed by atoms with Crippen LogP contribution in [0, 0.1) is 5.92 Å². The summed E-state index contributed by atoms with van der Waals surface area (Å²) < 4.78 is 1.97. The van der Waals surface area contributed by atoms with Crippen LogP contribution in [0.3, 0.4) is 0 Å². The number of piperidine rings is 1. The van der Waals surface area contributed by atoms with E-state index in [1.165, 1.54) is 6.07 Å². The molecule has 0 aliphatic carbocycles. The van der Waals surface area contributed by atoms with Gasteiger partial charge in [0.05, 0.1) is 6.04 Å². The first-order valence-electron chi connectivity index (χ1n) is 8.54. The number of pyridine rings is 1. The third kappa shape index (κ3) is 3.75. The zero-order valence-corrected chi connectivity index (χ0v) is 14.2. The van der Waals surface area contributed by atoms with Gasteiger partial charge in [-0.25, -0.2) is 0 Å². The maximum Gasteiger partial charge on any atom is 0.254 e. The van der Waals surface area contributed by atoms with Gasteiger partial charge in [-0.1, -0.05) is 13.8 Å². The summed E-state index contributed by atoms with van der Waals surface area (Å²) in [6.07, 6.45) is 6.28. The minimum Gasteiger partial charge on any atom is -0.338 e. The van der Waals surface area contributed by atoms with Gasteiger partial charge in [-0.15, -0.1) is 0 Å². The number of aromatic amines is 1. The lowest BCUT2D eigenvalue weighted by molar-refractivity contribution is 0.0689. The SMILES string of the molecule is CC(C)Cc1cc(C(=O)N2CCC(n3cccn3)CC2)cc(=O)[nH]1. The Balaban J connectivity index is 1.69. The number of likely N-dealkylation sites (tertiary alicyclic amines) is 1. The third-order valence-electron chi connectivity index (χ3n) is 4.43. The normalized spacial score (nSPS) is 15.9. The van der Waals surface area contributed by atoms with Crippen molar-refractivity contribution >= 4 is 5.91 Å². The van der Waals surface area contributed by atoms with Crippen LogP contribution in [-0.2, 0) is 6.42 Å². The Kier molecular flexibility index (Phi) is 4.83. The molecular formula is C18H24N4O2. The fourth-order valence-corrected chi connectivity index (χ4v) is 3.29. The Morgan fingerprint density at radius 3 is 2.71 bits per heavy atom. The van der Waals surface area contributed by atoms with Crippen molar-refractivity contribution in [1.82, 2.24) is 19.7 Å². The standard InChI is InChI=1S/C18H24N4O2/c1-13(2)10-15-11-14(12-17(23)20-15)18(24)21-8-4-16(5-9-21)22-7-3-6-19-22/h3,6-7,11-13,16H,4-5,8-10H2,1-2H3,(H,20,23). The number of hydrogen-bond donors (Lipinski definition) is 1. The van der Waals surface area contributed by atoms with Crippen LogP contribution >= 0.6 is 0 Å². The van der Waals surface area contributed by atoms with Gasteiger partial charge in [0.15, 0.2) is 0 Å². The summed E-state index contributed by atoms with van der Waals surface area (Å²) in [5.41, 5.74) is 1.11. The molecule has 0 radical (unpaired) electrons. The number of rotatable bonds is 4. The molecule has 0 spiro atoms. The number of aromatic nitrogens is 3. The summed E-state index contributed by atoms with van der Waals surface area (Å²) in [4.78, 5) is 29.2. The van der Waals surface area contributed by atoms with Crippen molar-refractivity contribution in [1.29, 1.82) is 0 Å². The number of amides is 1. The van der Waals surface area contributed by atoms with E-state index >= 15 is 0 Å². The highest BCUT2D eigenvalue weighted by Gasteiger charge is 2.25. The highest BCUT2D eigenvalue weighted by atomic mass is 16.2. The van der Waals surface area contributed by atoms with Crippen LogP contribution in [0.15, 0.2) is 35.4 Å². The van der Waals surface area contributed by atoms with E-state index in [1.807, 2.05) is 27.9 Å². The summed E-state index contributed by atoms with van der Waals surface area (Å²) in [5.74, 6) is 0.376. The molecule has 2 aromatic heterocycles. The molecule has 1 N–H and O–H groups in total. The highest BCUT2D eigenvalue weighted by molar-refractivity contribution is 5.94. The van der Waals surface area contributed by atoms with Crippen molar-refractivity contribution in [3.05, 3.63) is 52.2 Å². The van der Waals surface area contributed by atoms with Crippen LogP contribution in [0.2, 0.25) is 0 Å². The second kappa shape index (κ2) is 7.03. The van der Waals surface area contributed by atoms with Gasteiger partial charge in [-0.2, -0.15) is 5.10 Å². The zero-order valence-electron chi connectivity index (χ0n) is 14.2. The first-order valence-corrected chi connectivity index (χ1v) is 8.54. The topological polar surface area (TPSA) is 71.0 Å². The zero-order chi connectivity index (χ0) is 17.1. The summed E-state index contributed by atoms with van der Waals surface area (Å²) in [6.45, 7) is 5.56. The summed E-state index contributed by atoms with van der Waals surface area (Å²) in [6, 6.07) is 5.50. The molecule has 6 heteroatoms. The molecule has 2 aromatic rings. The minimum absolute atomic E-state index is 0.0509. The molecule has 0 aromatic carbocycles. The number of nitrogens with one attached hydrogen (secondary N) is 1. The Morgan fingerprint density at radius 1 is 1.33 bits per heavy atom. The second-order valence-corrected chi connectivity index (χ2v) is 6.87. The molecule has 1 fully saturated rings. The Bertz CT molecular complexity index is 741. The fraction of sp³-hybridized carbons (Fsp3) is 0.500. The van der Waals surface area contributed by atoms with Crippen LogP contribution in [0.1, 0.15) is 48.8 Å². The molecular weight excluding hydrogens is 304 g/mol. The van der Waals surface area contributed by atoms with Gasteiger partial charge >= 0.3 is 0 Å².